The van der Waals surface area contributed by atoms with Gasteiger partial charge in [-0.1, -0.05) is 37.6 Å². The molecule has 13 heteroatoms. The van der Waals surface area contributed by atoms with E-state index in [2.05, 4.69) is 15.4 Å². The van der Waals surface area contributed by atoms with E-state index in [4.69, 9.17) is 11.6 Å². The predicted octanol–water partition coefficient (Wildman–Crippen LogP) is 3.90. The van der Waals surface area contributed by atoms with E-state index in [-0.39, 0.29) is 29.1 Å². The average molecular weight is 547 g/mol. The summed E-state index contributed by atoms with van der Waals surface area (Å²) >= 11 is 5.98. The van der Waals surface area contributed by atoms with Crippen LogP contribution >= 0.6 is 11.6 Å². The highest BCUT2D eigenvalue weighted by molar-refractivity contribution is 6.43. The molecule has 37 heavy (non-hydrogen) atoms. The van der Waals surface area contributed by atoms with Crippen molar-refractivity contribution in [3.8, 4) is 5.75 Å². The Labute approximate surface area is 213 Å². The van der Waals surface area contributed by atoms with Crippen LogP contribution in [0.3, 0.4) is 0 Å². The van der Waals surface area contributed by atoms with Gasteiger partial charge in [-0.3, -0.25) is 24.5 Å². The summed E-state index contributed by atoms with van der Waals surface area (Å²) in [6, 6.07) is 3.02. The van der Waals surface area contributed by atoms with Crippen LogP contribution in [0.2, 0.25) is 5.02 Å². The maximum Gasteiger partial charge on any atom is 0.305 e. The molecule has 2 atom stereocenters. The summed E-state index contributed by atoms with van der Waals surface area (Å²) in [6.45, 7) is 2.21. The van der Waals surface area contributed by atoms with Gasteiger partial charge < -0.3 is 15.2 Å². The zero-order chi connectivity index (χ0) is 27.9. The molecule has 2 rings (SSSR count). The molecule has 200 valence electrons. The van der Waals surface area contributed by atoms with Crippen molar-refractivity contribution in [3.63, 3.8) is 0 Å². The van der Waals surface area contributed by atoms with E-state index in [1.807, 2.05) is 0 Å². The quantitative estimate of drug-likeness (QED) is 0.198. The molecule has 2 aromatic carbocycles. The maximum atomic E-state index is 13.8. The highest BCUT2D eigenvalue weighted by Gasteiger charge is 2.33. The molecule has 0 heterocycles. The fourth-order valence-corrected chi connectivity index (χ4v) is 3.41. The number of carboxylic acids is 1. The molecule has 0 fully saturated rings. The fourth-order valence-electron chi connectivity index (χ4n) is 3.23. The van der Waals surface area contributed by atoms with Crippen molar-refractivity contribution in [1.82, 2.24) is 5.32 Å². The Morgan fingerprint density at radius 1 is 1.00 bits per heavy atom. The van der Waals surface area contributed by atoms with Gasteiger partial charge >= 0.3 is 5.97 Å². The van der Waals surface area contributed by atoms with Gasteiger partial charge in [0.25, 0.3) is 5.91 Å². The van der Waals surface area contributed by atoms with Crippen LogP contribution in [0.4, 0.5) is 23.2 Å². The second-order valence-corrected chi connectivity index (χ2v) is 8.76. The number of Topliss-reactive ketones (excluding diaryl/α,β-unsaturated/α-hetero) is 2. The van der Waals surface area contributed by atoms with Crippen LogP contribution in [0.15, 0.2) is 30.3 Å². The zero-order valence-corrected chi connectivity index (χ0v) is 20.4. The number of benzene rings is 2. The first-order valence-electron chi connectivity index (χ1n) is 10.9. The number of anilines is 1. The molecule has 0 aromatic heterocycles. The molecule has 0 saturated heterocycles. The summed E-state index contributed by atoms with van der Waals surface area (Å²) in [5, 5.41) is 14.2. The molecule has 0 saturated carbocycles. The van der Waals surface area contributed by atoms with Gasteiger partial charge in [0, 0.05) is 6.07 Å². The summed E-state index contributed by atoms with van der Waals surface area (Å²) in [7, 11) is 0. The molecule has 2 unspecified atom stereocenters. The smallest absolute Gasteiger partial charge is 0.305 e. The number of carboxylic acid groups (broad SMARTS) is 1. The van der Waals surface area contributed by atoms with E-state index in [0.717, 1.165) is 0 Å². The summed E-state index contributed by atoms with van der Waals surface area (Å²) in [5.74, 6) is -13.8. The Morgan fingerprint density at radius 3 is 2.14 bits per heavy atom. The zero-order valence-electron chi connectivity index (χ0n) is 19.6. The van der Waals surface area contributed by atoms with Crippen molar-refractivity contribution < 1.29 is 46.6 Å². The van der Waals surface area contributed by atoms with Crippen LogP contribution in [-0.2, 0) is 19.2 Å². The second-order valence-electron chi connectivity index (χ2n) is 8.35. The first-order valence-corrected chi connectivity index (χ1v) is 11.3. The van der Waals surface area contributed by atoms with Crippen molar-refractivity contribution in [2.45, 2.75) is 38.8 Å². The molecule has 0 bridgehead atoms. The number of ketones is 2. The Balaban J connectivity index is 2.23. The number of rotatable bonds is 13. The lowest BCUT2D eigenvalue weighted by Crippen LogP contribution is -2.52. The number of amides is 1. The monoisotopic (exact) mass is 546 g/mol. The van der Waals surface area contributed by atoms with Crippen LogP contribution in [0.5, 0.6) is 5.75 Å². The Kier molecular flexibility index (Phi) is 10.6. The van der Waals surface area contributed by atoms with E-state index in [1.165, 1.54) is 12.1 Å². The number of carbonyl (C=O) groups excluding carboxylic acids is 3. The molecule has 0 radical (unpaired) electrons. The summed E-state index contributed by atoms with van der Waals surface area (Å²) in [6.07, 6.45) is -0.907. The van der Waals surface area contributed by atoms with Crippen molar-refractivity contribution >= 4 is 40.7 Å². The second kappa shape index (κ2) is 13.2. The van der Waals surface area contributed by atoms with E-state index in [1.54, 1.807) is 26.0 Å². The molecule has 0 aliphatic rings. The summed E-state index contributed by atoms with van der Waals surface area (Å²) in [5.41, 5.74) is 0.142. The Hall–Kier alpha value is -3.51. The van der Waals surface area contributed by atoms with Gasteiger partial charge in [-0.15, -0.1) is 0 Å². The number of hydrogen-bond acceptors (Lipinski definition) is 6. The lowest BCUT2D eigenvalue weighted by Gasteiger charge is -2.24. The molecule has 0 aliphatic heterocycles. The molecule has 0 spiro atoms. The van der Waals surface area contributed by atoms with Crippen molar-refractivity contribution in [3.05, 3.63) is 58.6 Å². The van der Waals surface area contributed by atoms with Crippen LogP contribution in [0, 0.1) is 29.2 Å². The number of nitrogens with one attached hydrogen (secondary N) is 2. The van der Waals surface area contributed by atoms with Crippen LogP contribution in [-0.4, -0.2) is 47.2 Å². The van der Waals surface area contributed by atoms with E-state index in [0.29, 0.717) is 0 Å². The van der Waals surface area contributed by atoms with Crippen molar-refractivity contribution in [2.24, 2.45) is 5.92 Å². The average Bonchev–Trinajstić information content (AvgIpc) is 2.82. The van der Waals surface area contributed by atoms with Crippen LogP contribution in [0.1, 0.15) is 26.7 Å². The lowest BCUT2D eigenvalue weighted by molar-refractivity contribution is -0.141. The summed E-state index contributed by atoms with van der Waals surface area (Å²) in [4.78, 5) is 49.5. The van der Waals surface area contributed by atoms with Gasteiger partial charge in [-0.05, 0) is 24.5 Å². The van der Waals surface area contributed by atoms with Crippen molar-refractivity contribution in [1.29, 1.82) is 0 Å². The van der Waals surface area contributed by atoms with E-state index >= 15 is 0 Å². The van der Waals surface area contributed by atoms with Gasteiger partial charge in [-0.2, -0.15) is 8.78 Å². The predicted molar refractivity (Wildman–Crippen MR) is 124 cm³/mol. The number of hydrogen-bond donors (Lipinski definition) is 3. The van der Waals surface area contributed by atoms with Gasteiger partial charge in [0.05, 0.1) is 29.2 Å². The Morgan fingerprint density at radius 2 is 1.59 bits per heavy atom. The van der Waals surface area contributed by atoms with Gasteiger partial charge in [0.2, 0.25) is 17.4 Å². The van der Waals surface area contributed by atoms with Crippen LogP contribution < -0.4 is 15.4 Å². The molecular formula is C24H23ClF4N2O6. The third kappa shape index (κ3) is 8.25. The third-order valence-electron chi connectivity index (χ3n) is 4.97. The SMILES string of the molecule is CC(C)CC(NC(CC(=O)O)C(=O)COc1c(F)c(F)cc(F)c1F)C(=O)C(=O)Nc1ccccc1Cl. The lowest BCUT2D eigenvalue weighted by atomic mass is 9.97. The minimum atomic E-state index is -1.89. The third-order valence-corrected chi connectivity index (χ3v) is 5.30. The van der Waals surface area contributed by atoms with Crippen molar-refractivity contribution in [2.75, 3.05) is 11.9 Å². The molecule has 0 aliphatic carbocycles. The van der Waals surface area contributed by atoms with Gasteiger partial charge in [0.1, 0.15) is 6.61 Å². The molecule has 2 aromatic rings. The number of ether oxygens (including phenoxy) is 1. The minimum absolute atomic E-state index is 0.00258. The summed E-state index contributed by atoms with van der Waals surface area (Å²) < 4.78 is 59.1. The van der Waals surface area contributed by atoms with Gasteiger partial charge in [0.15, 0.2) is 23.2 Å². The highest BCUT2D eigenvalue weighted by Crippen LogP contribution is 2.26. The van der Waals surface area contributed by atoms with Crippen LogP contribution in [0.25, 0.3) is 0 Å². The molecule has 3 N–H and O–H groups in total. The first kappa shape index (κ1) is 29.7. The molecule has 1 amide bonds. The fraction of sp³-hybridized carbons (Fsp3) is 0.333. The normalized spacial score (nSPS) is 12.6. The highest BCUT2D eigenvalue weighted by atomic mass is 35.5. The number of halogens is 5. The van der Waals surface area contributed by atoms with Gasteiger partial charge in [-0.25, -0.2) is 8.78 Å². The topological polar surface area (TPSA) is 122 Å². The number of aliphatic carboxylic acids is 1. The standard InChI is InChI=1S/C24H23ClF4N2O6/c1-11(2)7-17(22(35)24(36)31-15-6-4-3-5-12(15)25)30-16(9-19(33)34)18(32)10-37-23-20(28)13(26)8-14(27)21(23)29/h3-6,8,11,16-17,30H,7,9-10H2,1-2H3,(H,31,36)(H,33,34). The number of carbonyl (C=O) groups is 4. The largest absolute Gasteiger partial charge is 0.481 e. The molecular weight excluding hydrogens is 524 g/mol. The van der Waals surface area contributed by atoms with E-state index < -0.39 is 77.6 Å². The number of para-hydroxylation sites is 1. The van der Waals surface area contributed by atoms with E-state index in [9.17, 15) is 41.8 Å². The molecule has 8 nitrogen and oxygen atoms in total. The Bertz CT molecular complexity index is 1170. The minimum Gasteiger partial charge on any atom is -0.481 e. The maximum absolute atomic E-state index is 13.8. The first-order chi connectivity index (χ1) is 17.3.